The van der Waals surface area contributed by atoms with E-state index >= 15 is 0 Å². The van der Waals surface area contributed by atoms with E-state index < -0.39 is 0 Å². The fraction of sp³-hybridized carbons (Fsp3) is 0.182. The number of carbonyl (C=O) groups excluding carboxylic acids is 1. The van der Waals surface area contributed by atoms with Crippen LogP contribution in [0.1, 0.15) is 28.4 Å². The molecule has 1 aromatic heterocycles. The summed E-state index contributed by atoms with van der Waals surface area (Å²) in [5.41, 5.74) is 5.11. The van der Waals surface area contributed by atoms with Gasteiger partial charge in [-0.15, -0.1) is 0 Å². The lowest BCUT2D eigenvalue weighted by Gasteiger charge is -2.13. The number of nitrogens with zero attached hydrogens (tertiary/aromatic N) is 1. The molecule has 1 heterocycles. The minimum Gasteiger partial charge on any atom is -0.492 e. The number of amides is 1. The molecule has 0 fully saturated rings. The second kappa shape index (κ2) is 8.36. The topological polar surface area (TPSA) is 63.2 Å². The maximum atomic E-state index is 12.6. The number of rotatable bonds is 6. The number of ether oxygens (including phenoxy) is 1. The monoisotopic (exact) mass is 361 g/mol. The van der Waals surface area contributed by atoms with Crippen molar-refractivity contribution in [1.82, 2.24) is 4.98 Å². The minimum atomic E-state index is -0.201. The van der Waals surface area contributed by atoms with Gasteiger partial charge in [0.25, 0.3) is 5.91 Å². The van der Waals surface area contributed by atoms with E-state index in [-0.39, 0.29) is 5.91 Å². The van der Waals surface area contributed by atoms with Crippen LogP contribution in [0, 0.1) is 13.8 Å². The van der Waals surface area contributed by atoms with Crippen LogP contribution in [0.5, 0.6) is 5.75 Å². The molecule has 0 spiro atoms. The van der Waals surface area contributed by atoms with Gasteiger partial charge in [-0.2, -0.15) is 0 Å². The van der Waals surface area contributed by atoms with Crippen LogP contribution in [0.2, 0.25) is 0 Å². The Hall–Kier alpha value is -3.34. The molecular weight excluding hydrogens is 338 g/mol. The van der Waals surface area contributed by atoms with Crippen molar-refractivity contribution in [3.63, 3.8) is 0 Å². The zero-order chi connectivity index (χ0) is 19.2. The van der Waals surface area contributed by atoms with Crippen molar-refractivity contribution in [1.29, 1.82) is 0 Å². The first-order chi connectivity index (χ1) is 13.1. The van der Waals surface area contributed by atoms with Crippen LogP contribution in [0.15, 0.2) is 60.9 Å². The summed E-state index contributed by atoms with van der Waals surface area (Å²) >= 11 is 0. The van der Waals surface area contributed by atoms with Crippen LogP contribution < -0.4 is 15.4 Å². The van der Waals surface area contributed by atoms with E-state index in [1.165, 1.54) is 5.56 Å². The van der Waals surface area contributed by atoms with Crippen LogP contribution >= 0.6 is 0 Å². The molecule has 0 saturated carbocycles. The third kappa shape index (κ3) is 4.64. The van der Waals surface area contributed by atoms with E-state index in [4.69, 9.17) is 4.74 Å². The van der Waals surface area contributed by atoms with Crippen molar-refractivity contribution >= 4 is 23.0 Å². The Balaban J connectivity index is 1.77. The highest BCUT2D eigenvalue weighted by molar-refractivity contribution is 6.04. The number of benzene rings is 2. The standard InChI is InChI=1S/C22H23N3O2/c1-4-27-21-8-6-5-7-20(21)24-19-12-17(13-23-14-19)22(26)25-18-10-9-15(2)16(3)11-18/h5-14,24H,4H2,1-3H3,(H,25,26). The predicted molar refractivity (Wildman–Crippen MR) is 109 cm³/mol. The SMILES string of the molecule is CCOc1ccccc1Nc1cncc(C(=O)Nc2ccc(C)c(C)c2)c1. The highest BCUT2D eigenvalue weighted by Gasteiger charge is 2.09. The third-order valence-corrected chi connectivity index (χ3v) is 4.23. The number of nitrogens with one attached hydrogen (secondary N) is 2. The van der Waals surface area contributed by atoms with Gasteiger partial charge in [-0.3, -0.25) is 9.78 Å². The van der Waals surface area contributed by atoms with Crippen molar-refractivity contribution in [2.75, 3.05) is 17.2 Å². The molecule has 0 radical (unpaired) electrons. The van der Waals surface area contributed by atoms with Gasteiger partial charge < -0.3 is 15.4 Å². The maximum Gasteiger partial charge on any atom is 0.257 e. The molecular formula is C22H23N3O2. The van der Waals surface area contributed by atoms with E-state index in [2.05, 4.69) is 15.6 Å². The number of pyridine rings is 1. The summed E-state index contributed by atoms with van der Waals surface area (Å²) in [6, 6.07) is 15.3. The maximum absolute atomic E-state index is 12.6. The molecule has 0 saturated heterocycles. The lowest BCUT2D eigenvalue weighted by Crippen LogP contribution is -2.12. The van der Waals surface area contributed by atoms with Crippen molar-refractivity contribution in [3.8, 4) is 5.75 Å². The third-order valence-electron chi connectivity index (χ3n) is 4.23. The Morgan fingerprint density at radius 2 is 1.81 bits per heavy atom. The zero-order valence-electron chi connectivity index (χ0n) is 15.7. The molecule has 0 aliphatic carbocycles. The highest BCUT2D eigenvalue weighted by Crippen LogP contribution is 2.27. The summed E-state index contributed by atoms with van der Waals surface area (Å²) in [5, 5.41) is 6.18. The Morgan fingerprint density at radius 3 is 2.59 bits per heavy atom. The van der Waals surface area contributed by atoms with Crippen LogP contribution in [-0.4, -0.2) is 17.5 Å². The number of carbonyl (C=O) groups is 1. The van der Waals surface area contributed by atoms with Gasteiger partial charge in [0.15, 0.2) is 0 Å². The van der Waals surface area contributed by atoms with Crippen molar-refractivity contribution in [3.05, 3.63) is 77.6 Å². The second-order valence-electron chi connectivity index (χ2n) is 6.27. The first-order valence-corrected chi connectivity index (χ1v) is 8.89. The predicted octanol–water partition coefficient (Wildman–Crippen LogP) is 5.09. The number of aryl methyl sites for hydroxylation is 2. The Kier molecular flexibility index (Phi) is 5.71. The van der Waals surface area contributed by atoms with Crippen LogP contribution in [0.4, 0.5) is 17.1 Å². The Morgan fingerprint density at radius 1 is 1.00 bits per heavy atom. The summed E-state index contributed by atoms with van der Waals surface area (Å²) in [7, 11) is 0. The fourth-order valence-corrected chi connectivity index (χ4v) is 2.66. The lowest BCUT2D eigenvalue weighted by molar-refractivity contribution is 0.102. The molecule has 0 atom stereocenters. The minimum absolute atomic E-state index is 0.201. The normalized spacial score (nSPS) is 10.3. The van der Waals surface area contributed by atoms with E-state index in [0.717, 1.165) is 28.4 Å². The number of hydrogen-bond acceptors (Lipinski definition) is 4. The van der Waals surface area contributed by atoms with Gasteiger partial charge in [0.2, 0.25) is 0 Å². The Bertz CT molecular complexity index is 954. The molecule has 5 nitrogen and oxygen atoms in total. The summed E-state index contributed by atoms with van der Waals surface area (Å²) in [4.78, 5) is 16.8. The van der Waals surface area contributed by atoms with E-state index in [9.17, 15) is 4.79 Å². The van der Waals surface area contributed by atoms with Gasteiger partial charge in [0, 0.05) is 11.9 Å². The number of para-hydroxylation sites is 2. The number of hydrogen-bond donors (Lipinski definition) is 2. The van der Waals surface area contributed by atoms with Crippen LogP contribution in [0.25, 0.3) is 0 Å². The van der Waals surface area contributed by atoms with Gasteiger partial charge in [-0.05, 0) is 62.2 Å². The first kappa shape index (κ1) is 18.5. The summed E-state index contributed by atoms with van der Waals surface area (Å²) < 4.78 is 5.62. The fourth-order valence-electron chi connectivity index (χ4n) is 2.66. The van der Waals surface area contributed by atoms with Gasteiger partial charge in [0.1, 0.15) is 5.75 Å². The molecule has 1 amide bonds. The summed E-state index contributed by atoms with van der Waals surface area (Å²) in [5.74, 6) is 0.553. The molecule has 0 aliphatic rings. The smallest absolute Gasteiger partial charge is 0.257 e. The molecule has 5 heteroatoms. The van der Waals surface area contributed by atoms with E-state index in [1.54, 1.807) is 18.5 Å². The molecule has 0 unspecified atom stereocenters. The first-order valence-electron chi connectivity index (χ1n) is 8.89. The highest BCUT2D eigenvalue weighted by atomic mass is 16.5. The average Bonchev–Trinajstić information content (AvgIpc) is 2.67. The Labute approximate surface area is 159 Å². The van der Waals surface area contributed by atoms with Crippen molar-refractivity contribution in [2.24, 2.45) is 0 Å². The molecule has 138 valence electrons. The van der Waals surface area contributed by atoms with Crippen molar-refractivity contribution in [2.45, 2.75) is 20.8 Å². The summed E-state index contributed by atoms with van der Waals surface area (Å²) in [6.45, 7) is 6.58. The molecule has 3 aromatic rings. The lowest BCUT2D eigenvalue weighted by atomic mass is 10.1. The van der Waals surface area contributed by atoms with Gasteiger partial charge in [-0.25, -0.2) is 0 Å². The molecule has 27 heavy (non-hydrogen) atoms. The molecule has 0 aliphatic heterocycles. The zero-order valence-corrected chi connectivity index (χ0v) is 15.7. The van der Waals surface area contributed by atoms with Gasteiger partial charge >= 0.3 is 0 Å². The van der Waals surface area contributed by atoms with Gasteiger partial charge in [0.05, 0.1) is 29.7 Å². The van der Waals surface area contributed by atoms with E-state index in [1.807, 2.05) is 63.2 Å². The molecule has 2 N–H and O–H groups in total. The largest absolute Gasteiger partial charge is 0.492 e. The second-order valence-corrected chi connectivity index (χ2v) is 6.27. The molecule has 2 aromatic carbocycles. The quantitative estimate of drug-likeness (QED) is 0.642. The van der Waals surface area contributed by atoms with Gasteiger partial charge in [-0.1, -0.05) is 18.2 Å². The van der Waals surface area contributed by atoms with Crippen LogP contribution in [0.3, 0.4) is 0 Å². The average molecular weight is 361 g/mol. The van der Waals surface area contributed by atoms with E-state index in [0.29, 0.717) is 12.2 Å². The van der Waals surface area contributed by atoms with Crippen molar-refractivity contribution < 1.29 is 9.53 Å². The molecule has 0 bridgehead atoms. The number of anilines is 3. The van der Waals surface area contributed by atoms with Crippen LogP contribution in [-0.2, 0) is 0 Å². The number of aromatic nitrogens is 1. The molecule has 3 rings (SSSR count). The summed E-state index contributed by atoms with van der Waals surface area (Å²) in [6.07, 6.45) is 3.23.